The van der Waals surface area contributed by atoms with E-state index in [4.69, 9.17) is 5.41 Å². The van der Waals surface area contributed by atoms with Gasteiger partial charge in [-0.25, -0.2) is 8.42 Å². The summed E-state index contributed by atoms with van der Waals surface area (Å²) in [5.41, 5.74) is 0.632. The van der Waals surface area contributed by atoms with Crippen LogP contribution in [0.15, 0.2) is 30.3 Å². The fourth-order valence-electron chi connectivity index (χ4n) is 1.62. The van der Waals surface area contributed by atoms with Crippen LogP contribution in [0.5, 0.6) is 0 Å². The molecule has 0 aromatic heterocycles. The van der Waals surface area contributed by atoms with Crippen molar-refractivity contribution in [3.8, 4) is 0 Å². The lowest BCUT2D eigenvalue weighted by atomic mass is 9.95. The van der Waals surface area contributed by atoms with Crippen LogP contribution in [0.2, 0.25) is 0 Å². The molecule has 5 heteroatoms. The molecule has 0 heterocycles. The molecule has 0 saturated heterocycles. The lowest BCUT2D eigenvalue weighted by Gasteiger charge is -2.15. The summed E-state index contributed by atoms with van der Waals surface area (Å²) in [6.07, 6.45) is 2.07. The molecule has 1 aliphatic carbocycles. The number of hydrogen-bond donors (Lipinski definition) is 1. The standard InChI is InChI=1S/C11H9NO3S/c1-16(14,15)10-6-9(13)11(12)8-5-3-2-4-7(8)10/h2-6,12H,1H3. The number of hydrogen-bond acceptors (Lipinski definition) is 4. The Morgan fingerprint density at radius 2 is 1.69 bits per heavy atom. The number of fused-ring (bicyclic) bond motifs is 1. The molecule has 0 fully saturated rings. The van der Waals surface area contributed by atoms with Gasteiger partial charge in [-0.05, 0) is 0 Å². The van der Waals surface area contributed by atoms with Crippen molar-refractivity contribution in [1.82, 2.24) is 0 Å². The Morgan fingerprint density at radius 3 is 2.25 bits per heavy atom. The minimum Gasteiger partial charge on any atom is -0.296 e. The van der Waals surface area contributed by atoms with Gasteiger partial charge in [-0.1, -0.05) is 24.3 Å². The van der Waals surface area contributed by atoms with Gasteiger partial charge in [0.1, 0.15) is 5.71 Å². The van der Waals surface area contributed by atoms with Crippen LogP contribution in [-0.4, -0.2) is 26.2 Å². The minimum absolute atomic E-state index is 0.0101. The first-order chi connectivity index (χ1) is 7.41. The molecule has 2 rings (SSSR count). The molecule has 0 bridgehead atoms. The molecule has 0 unspecified atom stereocenters. The van der Waals surface area contributed by atoms with Crippen LogP contribution in [0.4, 0.5) is 0 Å². The molecule has 1 aromatic rings. The number of carbonyl (C=O) groups is 1. The number of benzene rings is 1. The summed E-state index contributed by atoms with van der Waals surface area (Å²) < 4.78 is 23.0. The molecular weight excluding hydrogens is 226 g/mol. The molecule has 0 atom stereocenters. The summed E-state index contributed by atoms with van der Waals surface area (Å²) in [5, 5.41) is 7.58. The van der Waals surface area contributed by atoms with Crippen LogP contribution in [0.1, 0.15) is 11.1 Å². The van der Waals surface area contributed by atoms with E-state index in [-0.39, 0.29) is 10.6 Å². The molecule has 0 aliphatic heterocycles. The second-order valence-corrected chi connectivity index (χ2v) is 5.55. The van der Waals surface area contributed by atoms with Crippen molar-refractivity contribution in [2.45, 2.75) is 0 Å². The number of nitrogens with one attached hydrogen (secondary N) is 1. The van der Waals surface area contributed by atoms with Gasteiger partial charge in [0, 0.05) is 23.5 Å². The van der Waals surface area contributed by atoms with Gasteiger partial charge in [-0.3, -0.25) is 10.2 Å². The molecule has 0 spiro atoms. The summed E-state index contributed by atoms with van der Waals surface area (Å²) in [7, 11) is -3.45. The van der Waals surface area contributed by atoms with Gasteiger partial charge in [0.25, 0.3) is 0 Å². The first kappa shape index (κ1) is 10.8. The maximum Gasteiger partial charge on any atom is 0.205 e. The van der Waals surface area contributed by atoms with Crippen LogP contribution in [0.25, 0.3) is 4.91 Å². The third-order valence-corrected chi connectivity index (χ3v) is 3.51. The predicted octanol–water partition coefficient (Wildman–Crippen LogP) is 1.02. The number of rotatable bonds is 1. The molecule has 0 radical (unpaired) electrons. The Morgan fingerprint density at radius 1 is 1.12 bits per heavy atom. The smallest absolute Gasteiger partial charge is 0.205 e. The lowest BCUT2D eigenvalue weighted by molar-refractivity contribution is -0.108. The Hall–Kier alpha value is -1.75. The number of carbonyl (C=O) groups excluding carboxylic acids is 1. The van der Waals surface area contributed by atoms with Gasteiger partial charge >= 0.3 is 0 Å². The number of ketones is 1. The van der Waals surface area contributed by atoms with Crippen LogP contribution in [-0.2, 0) is 14.6 Å². The largest absolute Gasteiger partial charge is 0.296 e. The molecule has 0 saturated carbocycles. The Kier molecular flexibility index (Phi) is 2.27. The Labute approximate surface area is 93.0 Å². The average molecular weight is 235 g/mol. The number of sulfone groups is 1. The average Bonchev–Trinajstić information content (AvgIpc) is 2.22. The summed E-state index contributed by atoms with van der Waals surface area (Å²) in [4.78, 5) is 11.4. The van der Waals surface area contributed by atoms with E-state index >= 15 is 0 Å². The summed E-state index contributed by atoms with van der Waals surface area (Å²) in [6.45, 7) is 0. The van der Waals surface area contributed by atoms with E-state index < -0.39 is 15.6 Å². The topological polar surface area (TPSA) is 75.1 Å². The van der Waals surface area contributed by atoms with E-state index in [1.165, 1.54) is 0 Å². The monoisotopic (exact) mass is 235 g/mol. The molecule has 0 amide bonds. The third-order valence-electron chi connectivity index (χ3n) is 2.37. The zero-order valence-corrected chi connectivity index (χ0v) is 9.34. The molecule has 1 N–H and O–H groups in total. The highest BCUT2D eigenvalue weighted by molar-refractivity contribution is 8.00. The maximum absolute atomic E-state index is 11.5. The molecule has 1 aliphatic rings. The van der Waals surface area contributed by atoms with Crippen LogP contribution in [0, 0.1) is 5.41 Å². The van der Waals surface area contributed by atoms with Crippen molar-refractivity contribution in [3.05, 3.63) is 41.5 Å². The second kappa shape index (κ2) is 3.38. The van der Waals surface area contributed by atoms with Crippen molar-refractivity contribution in [1.29, 1.82) is 5.41 Å². The van der Waals surface area contributed by atoms with Gasteiger partial charge in [0.15, 0.2) is 9.84 Å². The highest BCUT2D eigenvalue weighted by Gasteiger charge is 2.27. The quantitative estimate of drug-likeness (QED) is 0.789. The van der Waals surface area contributed by atoms with Gasteiger partial charge in [-0.2, -0.15) is 0 Å². The van der Waals surface area contributed by atoms with E-state index in [0.717, 1.165) is 12.3 Å². The minimum atomic E-state index is -3.45. The van der Waals surface area contributed by atoms with E-state index in [2.05, 4.69) is 0 Å². The van der Waals surface area contributed by atoms with Crippen molar-refractivity contribution in [2.24, 2.45) is 0 Å². The zero-order valence-electron chi connectivity index (χ0n) is 8.52. The van der Waals surface area contributed by atoms with Crippen molar-refractivity contribution < 1.29 is 13.2 Å². The lowest BCUT2D eigenvalue weighted by Crippen LogP contribution is -2.21. The zero-order chi connectivity index (χ0) is 11.9. The van der Waals surface area contributed by atoms with Gasteiger partial charge in [0.2, 0.25) is 5.78 Å². The maximum atomic E-state index is 11.5. The highest BCUT2D eigenvalue weighted by Crippen LogP contribution is 2.28. The van der Waals surface area contributed by atoms with E-state index in [0.29, 0.717) is 11.1 Å². The Balaban J connectivity index is 2.80. The van der Waals surface area contributed by atoms with E-state index in [9.17, 15) is 13.2 Å². The summed E-state index contributed by atoms with van der Waals surface area (Å²) in [6, 6.07) is 6.53. The predicted molar refractivity (Wildman–Crippen MR) is 61.1 cm³/mol. The molecule has 82 valence electrons. The fourth-order valence-corrected chi connectivity index (χ4v) is 2.52. The van der Waals surface area contributed by atoms with Crippen LogP contribution >= 0.6 is 0 Å². The van der Waals surface area contributed by atoms with E-state index in [1.807, 2.05) is 0 Å². The Bertz CT molecular complexity index is 626. The molecule has 4 nitrogen and oxygen atoms in total. The molecule has 1 aromatic carbocycles. The van der Waals surface area contributed by atoms with Crippen LogP contribution in [0.3, 0.4) is 0 Å². The fraction of sp³-hybridized carbons (Fsp3) is 0.0909. The summed E-state index contributed by atoms with van der Waals surface area (Å²) in [5.74, 6) is -0.570. The third kappa shape index (κ3) is 1.59. The SMILES string of the molecule is CS(=O)(=O)C1=CC(=O)C(=N)c2ccccc21. The van der Waals surface area contributed by atoms with Crippen molar-refractivity contribution >= 4 is 26.2 Å². The molecule has 16 heavy (non-hydrogen) atoms. The first-order valence-corrected chi connectivity index (χ1v) is 6.45. The summed E-state index contributed by atoms with van der Waals surface area (Å²) >= 11 is 0. The van der Waals surface area contributed by atoms with Crippen LogP contribution < -0.4 is 0 Å². The van der Waals surface area contributed by atoms with Gasteiger partial charge in [-0.15, -0.1) is 0 Å². The van der Waals surface area contributed by atoms with Crippen molar-refractivity contribution in [3.63, 3.8) is 0 Å². The van der Waals surface area contributed by atoms with Gasteiger partial charge in [0.05, 0.1) is 4.91 Å². The van der Waals surface area contributed by atoms with E-state index in [1.54, 1.807) is 24.3 Å². The number of allylic oxidation sites excluding steroid dienone is 1. The normalized spacial score (nSPS) is 15.7. The first-order valence-electron chi connectivity index (χ1n) is 4.55. The van der Waals surface area contributed by atoms with Gasteiger partial charge < -0.3 is 0 Å². The second-order valence-electron chi connectivity index (χ2n) is 3.57. The highest BCUT2D eigenvalue weighted by atomic mass is 32.2. The molecular formula is C11H9NO3S. The van der Waals surface area contributed by atoms with Crippen molar-refractivity contribution in [2.75, 3.05) is 6.26 Å².